The molecule has 0 bridgehead atoms. The van der Waals surface area contributed by atoms with Crippen molar-refractivity contribution in [2.24, 2.45) is 13.0 Å². The molecule has 0 radical (unpaired) electrons. The van der Waals surface area contributed by atoms with E-state index >= 15 is 0 Å². The summed E-state index contributed by atoms with van der Waals surface area (Å²) in [5.74, 6) is -2.75. The molecule has 0 spiro atoms. The van der Waals surface area contributed by atoms with Gasteiger partial charge in [-0.25, -0.2) is 9.78 Å². The van der Waals surface area contributed by atoms with E-state index in [4.69, 9.17) is 0 Å². The minimum Gasteiger partial charge on any atom is -0.467 e. The lowest BCUT2D eigenvalue weighted by Gasteiger charge is -2.19. The van der Waals surface area contributed by atoms with Crippen molar-refractivity contribution in [2.75, 3.05) is 12.4 Å². The molecule has 0 fully saturated rings. The van der Waals surface area contributed by atoms with Gasteiger partial charge in [0, 0.05) is 30.7 Å². The predicted molar refractivity (Wildman–Crippen MR) is 100 cm³/mol. The van der Waals surface area contributed by atoms with Gasteiger partial charge in [0.1, 0.15) is 6.04 Å². The van der Waals surface area contributed by atoms with E-state index in [0.29, 0.717) is 17.1 Å². The molecule has 2 rings (SSSR count). The summed E-state index contributed by atoms with van der Waals surface area (Å²) in [6, 6.07) is 5.12. The van der Waals surface area contributed by atoms with Crippen molar-refractivity contribution in [3.63, 3.8) is 0 Å². The number of methoxy groups -OCH3 is 1. The van der Waals surface area contributed by atoms with Crippen molar-refractivity contribution >= 4 is 29.3 Å². The molecule has 1 aromatic carbocycles. The number of aromatic nitrogens is 2. The van der Waals surface area contributed by atoms with Gasteiger partial charge in [-0.2, -0.15) is 0 Å². The monoisotopic (exact) mass is 386 g/mol. The van der Waals surface area contributed by atoms with E-state index in [0.717, 1.165) is 0 Å². The van der Waals surface area contributed by atoms with Crippen LogP contribution in [0.4, 0.5) is 5.69 Å². The number of hydrogen-bond acceptors (Lipinski definition) is 6. The van der Waals surface area contributed by atoms with Crippen molar-refractivity contribution in [2.45, 2.75) is 19.9 Å². The molecule has 0 saturated carbocycles. The Hall–Kier alpha value is -3.49. The van der Waals surface area contributed by atoms with Crippen molar-refractivity contribution in [3.05, 3.63) is 48.0 Å². The minimum absolute atomic E-state index is 0.249. The Labute approximate surface area is 162 Å². The number of rotatable bonds is 6. The standard InChI is InChI=1S/C19H22N4O5/c1-11(2)14(19(27)28-4)22-18(26)17(25)21-13-7-5-12(6-8-13)15(24)16-20-9-10-23(16)3/h5-11,14H,1-4H3,(H,21,25)(H,22,26). The van der Waals surface area contributed by atoms with Gasteiger partial charge in [0.05, 0.1) is 7.11 Å². The normalized spacial score (nSPS) is 11.6. The third kappa shape index (κ3) is 4.81. The maximum Gasteiger partial charge on any atom is 0.328 e. The Kier molecular flexibility index (Phi) is 6.64. The molecule has 1 heterocycles. The van der Waals surface area contributed by atoms with Gasteiger partial charge < -0.3 is 19.9 Å². The van der Waals surface area contributed by atoms with Crippen LogP contribution in [-0.2, 0) is 26.2 Å². The average Bonchev–Trinajstić information content (AvgIpc) is 3.10. The molecule has 1 atom stereocenters. The van der Waals surface area contributed by atoms with Gasteiger partial charge in [-0.15, -0.1) is 0 Å². The molecule has 9 heteroatoms. The molecule has 148 valence electrons. The van der Waals surface area contributed by atoms with Crippen LogP contribution in [0.1, 0.15) is 30.0 Å². The lowest BCUT2D eigenvalue weighted by Crippen LogP contribution is -2.48. The summed E-state index contributed by atoms with van der Waals surface area (Å²) < 4.78 is 6.23. The van der Waals surface area contributed by atoms with Crippen molar-refractivity contribution < 1.29 is 23.9 Å². The highest BCUT2D eigenvalue weighted by atomic mass is 16.5. The van der Waals surface area contributed by atoms with E-state index in [1.807, 2.05) is 0 Å². The van der Waals surface area contributed by atoms with E-state index < -0.39 is 23.8 Å². The zero-order valence-corrected chi connectivity index (χ0v) is 16.1. The van der Waals surface area contributed by atoms with Gasteiger partial charge >= 0.3 is 17.8 Å². The predicted octanol–water partition coefficient (Wildman–Crippen LogP) is 0.903. The summed E-state index contributed by atoms with van der Waals surface area (Å²) in [6.07, 6.45) is 3.19. The van der Waals surface area contributed by atoms with Gasteiger partial charge in [-0.1, -0.05) is 13.8 Å². The average molecular weight is 386 g/mol. The summed E-state index contributed by atoms with van der Waals surface area (Å²) in [5.41, 5.74) is 0.720. The van der Waals surface area contributed by atoms with Crippen LogP contribution in [0.25, 0.3) is 0 Å². The Balaban J connectivity index is 2.02. The first-order valence-corrected chi connectivity index (χ1v) is 8.56. The summed E-state index contributed by atoms with van der Waals surface area (Å²) >= 11 is 0. The second kappa shape index (κ2) is 8.94. The minimum atomic E-state index is -0.961. The fourth-order valence-electron chi connectivity index (χ4n) is 2.44. The van der Waals surface area contributed by atoms with Crippen LogP contribution in [0.2, 0.25) is 0 Å². The number of anilines is 1. The first kappa shape index (κ1) is 20.8. The van der Waals surface area contributed by atoms with Gasteiger partial charge in [0.25, 0.3) is 0 Å². The van der Waals surface area contributed by atoms with Crippen LogP contribution < -0.4 is 10.6 Å². The number of ether oxygens (including phenoxy) is 1. The molecule has 1 aromatic heterocycles. The Morgan fingerprint density at radius 3 is 2.21 bits per heavy atom. The molecule has 1 unspecified atom stereocenters. The number of carbonyl (C=O) groups is 4. The lowest BCUT2D eigenvalue weighted by molar-refractivity contribution is -0.147. The molecule has 0 aliphatic rings. The number of benzene rings is 1. The molecule has 2 aromatic rings. The van der Waals surface area contributed by atoms with E-state index in [2.05, 4.69) is 20.4 Å². The van der Waals surface area contributed by atoms with E-state index in [1.54, 1.807) is 31.7 Å². The highest BCUT2D eigenvalue weighted by Gasteiger charge is 2.27. The maximum atomic E-state index is 12.4. The SMILES string of the molecule is COC(=O)C(NC(=O)C(=O)Nc1ccc(C(=O)c2nccn2C)cc1)C(C)C. The smallest absolute Gasteiger partial charge is 0.328 e. The van der Waals surface area contributed by atoms with Gasteiger partial charge in [0.2, 0.25) is 5.78 Å². The number of nitrogens with zero attached hydrogens (tertiary/aromatic N) is 2. The van der Waals surface area contributed by atoms with Crippen molar-refractivity contribution in [1.82, 2.24) is 14.9 Å². The van der Waals surface area contributed by atoms with Crippen molar-refractivity contribution in [3.8, 4) is 0 Å². The van der Waals surface area contributed by atoms with Gasteiger partial charge in [-0.05, 0) is 30.2 Å². The third-order valence-electron chi connectivity index (χ3n) is 4.04. The number of imidazole rings is 1. The summed E-state index contributed by atoms with van der Waals surface area (Å²) in [5, 5.41) is 4.77. The number of nitrogens with one attached hydrogen (secondary N) is 2. The van der Waals surface area contributed by atoms with Crippen LogP contribution in [0, 0.1) is 5.92 Å². The number of amides is 2. The third-order valence-corrected chi connectivity index (χ3v) is 4.04. The quantitative estimate of drug-likeness (QED) is 0.433. The molecule has 28 heavy (non-hydrogen) atoms. The largest absolute Gasteiger partial charge is 0.467 e. The molecule has 9 nitrogen and oxygen atoms in total. The number of ketones is 1. The zero-order valence-electron chi connectivity index (χ0n) is 16.1. The Bertz CT molecular complexity index is 886. The number of esters is 1. The summed E-state index contributed by atoms with van der Waals surface area (Å²) in [6.45, 7) is 3.44. The molecule has 0 aliphatic heterocycles. The molecule has 2 N–H and O–H groups in total. The maximum absolute atomic E-state index is 12.4. The lowest BCUT2D eigenvalue weighted by atomic mass is 10.0. The van der Waals surface area contributed by atoms with Crippen LogP contribution in [0.5, 0.6) is 0 Å². The van der Waals surface area contributed by atoms with Crippen LogP contribution >= 0.6 is 0 Å². The molecule has 0 aliphatic carbocycles. The Morgan fingerprint density at radius 1 is 1.07 bits per heavy atom. The van der Waals surface area contributed by atoms with E-state index in [-0.39, 0.29) is 11.7 Å². The second-order valence-corrected chi connectivity index (χ2v) is 6.44. The number of carbonyl (C=O) groups excluding carboxylic acids is 4. The summed E-state index contributed by atoms with van der Waals surface area (Å²) in [4.78, 5) is 52.2. The van der Waals surface area contributed by atoms with Gasteiger partial charge in [-0.3, -0.25) is 14.4 Å². The number of hydrogen-bond donors (Lipinski definition) is 2. The first-order chi connectivity index (χ1) is 13.2. The van der Waals surface area contributed by atoms with Crippen molar-refractivity contribution in [1.29, 1.82) is 0 Å². The Morgan fingerprint density at radius 2 is 1.71 bits per heavy atom. The fraction of sp³-hybridized carbons (Fsp3) is 0.316. The van der Waals surface area contributed by atoms with E-state index in [1.165, 1.54) is 37.6 Å². The van der Waals surface area contributed by atoms with Crippen LogP contribution in [-0.4, -0.2) is 46.3 Å². The van der Waals surface area contributed by atoms with Gasteiger partial charge in [0.15, 0.2) is 5.82 Å². The molecule has 2 amide bonds. The summed E-state index contributed by atoms with van der Waals surface area (Å²) in [7, 11) is 2.92. The highest BCUT2D eigenvalue weighted by Crippen LogP contribution is 2.13. The fourth-order valence-corrected chi connectivity index (χ4v) is 2.44. The van der Waals surface area contributed by atoms with E-state index in [9.17, 15) is 19.2 Å². The molecular weight excluding hydrogens is 364 g/mol. The number of aryl methyl sites for hydroxylation is 1. The second-order valence-electron chi connectivity index (χ2n) is 6.44. The molecular formula is C19H22N4O5. The molecule has 0 saturated heterocycles. The topological polar surface area (TPSA) is 119 Å². The van der Waals surface area contributed by atoms with Crippen LogP contribution in [0.3, 0.4) is 0 Å². The highest BCUT2D eigenvalue weighted by molar-refractivity contribution is 6.40. The first-order valence-electron chi connectivity index (χ1n) is 8.56. The van der Waals surface area contributed by atoms with Crippen LogP contribution in [0.15, 0.2) is 36.7 Å². The zero-order chi connectivity index (χ0) is 20.8.